The zero-order valence-electron chi connectivity index (χ0n) is 12.9. The van der Waals surface area contributed by atoms with Crippen molar-refractivity contribution >= 4 is 22.3 Å². The molecule has 0 saturated heterocycles. The first-order valence-electron chi connectivity index (χ1n) is 6.63. The highest BCUT2D eigenvalue weighted by Gasteiger charge is 2.27. The Morgan fingerprint density at radius 2 is 0.889 bits per heavy atom. The standard InChI is InChI=1S/C14H10O12S/c15-7-1-5(2-8(16)11(7)19)13(21)25-27(23,24)26-14(22)6-3-9(17)12(20)10(18)4-6/h1-4,15-20H. The molecule has 0 atom stereocenters. The zero-order chi connectivity index (χ0) is 20.5. The predicted octanol–water partition coefficient (Wildman–Crippen LogP) is 0.179. The lowest BCUT2D eigenvalue weighted by atomic mass is 10.2. The summed E-state index contributed by atoms with van der Waals surface area (Å²) in [4.78, 5) is 23.5. The molecule has 0 aliphatic rings. The Kier molecular flexibility index (Phi) is 4.90. The van der Waals surface area contributed by atoms with Crippen LogP contribution in [0.4, 0.5) is 0 Å². The van der Waals surface area contributed by atoms with E-state index >= 15 is 0 Å². The lowest BCUT2D eigenvalue weighted by Crippen LogP contribution is -2.19. The molecule has 0 aromatic heterocycles. The van der Waals surface area contributed by atoms with E-state index in [-0.39, 0.29) is 0 Å². The molecule has 2 rings (SSSR count). The maximum atomic E-state index is 11.7. The van der Waals surface area contributed by atoms with E-state index in [0.29, 0.717) is 24.3 Å². The van der Waals surface area contributed by atoms with Gasteiger partial charge in [0.2, 0.25) is 0 Å². The van der Waals surface area contributed by atoms with E-state index in [1.807, 2.05) is 0 Å². The van der Waals surface area contributed by atoms with Crippen LogP contribution < -0.4 is 0 Å². The Morgan fingerprint density at radius 3 is 1.15 bits per heavy atom. The van der Waals surface area contributed by atoms with Crippen molar-refractivity contribution in [3.63, 3.8) is 0 Å². The molecule has 2 aromatic carbocycles. The van der Waals surface area contributed by atoms with Gasteiger partial charge in [-0.05, 0) is 24.3 Å². The van der Waals surface area contributed by atoms with Gasteiger partial charge >= 0.3 is 22.3 Å². The summed E-state index contributed by atoms with van der Waals surface area (Å²) in [5, 5.41) is 55.4. The molecule has 13 heteroatoms. The van der Waals surface area contributed by atoms with Crippen LogP contribution in [-0.2, 0) is 18.8 Å². The fourth-order valence-electron chi connectivity index (χ4n) is 1.74. The minimum Gasteiger partial charge on any atom is -0.504 e. The third kappa shape index (κ3) is 4.21. The fraction of sp³-hybridized carbons (Fsp3) is 0. The van der Waals surface area contributed by atoms with Crippen LogP contribution >= 0.6 is 0 Å². The molecule has 0 saturated carbocycles. The van der Waals surface area contributed by atoms with Crippen molar-refractivity contribution in [2.24, 2.45) is 0 Å². The van der Waals surface area contributed by atoms with Crippen LogP contribution in [0, 0.1) is 0 Å². The minimum atomic E-state index is -5.30. The van der Waals surface area contributed by atoms with Gasteiger partial charge in [-0.2, -0.15) is 0 Å². The van der Waals surface area contributed by atoms with E-state index < -0.39 is 68.0 Å². The third-order valence-electron chi connectivity index (χ3n) is 2.97. The van der Waals surface area contributed by atoms with Crippen LogP contribution in [0.3, 0.4) is 0 Å². The topological polar surface area (TPSA) is 208 Å². The number of phenols is 6. The van der Waals surface area contributed by atoms with Crippen molar-refractivity contribution in [2.45, 2.75) is 0 Å². The second-order valence-corrected chi connectivity index (χ2v) is 6.03. The number of hydrogen-bond acceptors (Lipinski definition) is 12. The molecule has 0 amide bonds. The molecule has 0 bridgehead atoms. The van der Waals surface area contributed by atoms with Gasteiger partial charge in [0.25, 0.3) is 0 Å². The van der Waals surface area contributed by atoms with Crippen LogP contribution in [0.5, 0.6) is 34.5 Å². The predicted molar refractivity (Wildman–Crippen MR) is 82.6 cm³/mol. The lowest BCUT2D eigenvalue weighted by molar-refractivity contribution is 0.0646. The smallest absolute Gasteiger partial charge is 0.504 e. The Hall–Kier alpha value is -3.87. The molecule has 0 fully saturated rings. The molecule has 0 heterocycles. The van der Waals surface area contributed by atoms with Crippen molar-refractivity contribution < 1.29 is 57.0 Å². The summed E-state index contributed by atoms with van der Waals surface area (Å²) in [6.07, 6.45) is 0. The van der Waals surface area contributed by atoms with Gasteiger partial charge in [-0.1, -0.05) is 0 Å². The first-order chi connectivity index (χ1) is 12.4. The van der Waals surface area contributed by atoms with E-state index in [0.717, 1.165) is 0 Å². The van der Waals surface area contributed by atoms with Gasteiger partial charge in [0, 0.05) is 0 Å². The van der Waals surface area contributed by atoms with Crippen molar-refractivity contribution in [1.82, 2.24) is 0 Å². The third-order valence-corrected chi connectivity index (χ3v) is 3.68. The number of carbonyl (C=O) groups excluding carboxylic acids is 2. The van der Waals surface area contributed by atoms with E-state index in [1.165, 1.54) is 0 Å². The summed E-state index contributed by atoms with van der Waals surface area (Å²) in [5.74, 6) is -9.09. The van der Waals surface area contributed by atoms with Crippen LogP contribution in [0.25, 0.3) is 0 Å². The maximum Gasteiger partial charge on any atom is 0.506 e. The van der Waals surface area contributed by atoms with Crippen LogP contribution in [0.1, 0.15) is 20.7 Å². The molecule has 0 aliphatic heterocycles. The summed E-state index contributed by atoms with van der Waals surface area (Å²) < 4.78 is 31.2. The lowest BCUT2D eigenvalue weighted by Gasteiger charge is -2.08. The van der Waals surface area contributed by atoms with Crippen molar-refractivity contribution in [2.75, 3.05) is 0 Å². The Bertz CT molecular complexity index is 917. The molecule has 12 nitrogen and oxygen atoms in total. The molecule has 6 N–H and O–H groups in total. The van der Waals surface area contributed by atoms with Crippen LogP contribution in [0.15, 0.2) is 24.3 Å². The summed E-state index contributed by atoms with van der Waals surface area (Å²) in [7, 11) is -5.30. The molecular formula is C14H10O12S. The van der Waals surface area contributed by atoms with Crippen molar-refractivity contribution in [1.29, 1.82) is 0 Å². The van der Waals surface area contributed by atoms with Gasteiger partial charge in [-0.15, -0.1) is 8.42 Å². The minimum absolute atomic E-state index is 0.574. The zero-order valence-corrected chi connectivity index (χ0v) is 13.7. The van der Waals surface area contributed by atoms with Gasteiger partial charge in [0.1, 0.15) is 0 Å². The number of hydrogen-bond donors (Lipinski definition) is 6. The second kappa shape index (κ2) is 6.80. The molecular weight excluding hydrogens is 392 g/mol. The summed E-state index contributed by atoms with van der Waals surface area (Å²) in [6.45, 7) is 0. The number of rotatable bonds is 4. The average Bonchev–Trinajstić information content (AvgIpc) is 2.55. The first kappa shape index (κ1) is 19.5. The van der Waals surface area contributed by atoms with Crippen LogP contribution in [0.2, 0.25) is 0 Å². The molecule has 2 aromatic rings. The number of phenolic OH excluding ortho intramolecular Hbond substituents is 6. The summed E-state index contributed by atoms with van der Waals surface area (Å²) in [6, 6.07) is 2.30. The average molecular weight is 402 g/mol. The van der Waals surface area contributed by atoms with E-state index in [1.54, 1.807) is 0 Å². The van der Waals surface area contributed by atoms with Gasteiger partial charge in [-0.25, -0.2) is 9.59 Å². The molecule has 0 radical (unpaired) electrons. The van der Waals surface area contributed by atoms with Crippen molar-refractivity contribution in [3.8, 4) is 34.5 Å². The number of carbonyl (C=O) groups is 2. The highest BCUT2D eigenvalue weighted by molar-refractivity contribution is 7.82. The van der Waals surface area contributed by atoms with E-state index in [9.17, 15) is 38.4 Å². The fourth-order valence-corrected chi connectivity index (χ4v) is 2.34. The highest BCUT2D eigenvalue weighted by Crippen LogP contribution is 2.36. The van der Waals surface area contributed by atoms with E-state index in [2.05, 4.69) is 8.37 Å². The SMILES string of the molecule is O=C(OS(=O)(=O)OC(=O)c1cc(O)c(O)c(O)c1)c1cc(O)c(O)c(O)c1. The molecule has 144 valence electrons. The Labute approximate surface area is 150 Å². The Morgan fingerprint density at radius 1 is 0.630 bits per heavy atom. The van der Waals surface area contributed by atoms with Gasteiger partial charge in [0.05, 0.1) is 11.1 Å². The largest absolute Gasteiger partial charge is 0.506 e. The van der Waals surface area contributed by atoms with Gasteiger partial charge < -0.3 is 39.0 Å². The molecule has 27 heavy (non-hydrogen) atoms. The monoisotopic (exact) mass is 402 g/mol. The molecule has 0 spiro atoms. The normalized spacial score (nSPS) is 11.0. The number of aromatic hydroxyl groups is 6. The van der Waals surface area contributed by atoms with Crippen molar-refractivity contribution in [3.05, 3.63) is 35.4 Å². The van der Waals surface area contributed by atoms with E-state index in [4.69, 9.17) is 10.2 Å². The second-order valence-electron chi connectivity index (χ2n) is 4.88. The van der Waals surface area contributed by atoms with Gasteiger partial charge in [-0.3, -0.25) is 0 Å². The highest BCUT2D eigenvalue weighted by atomic mass is 32.3. The van der Waals surface area contributed by atoms with Gasteiger partial charge in [0.15, 0.2) is 34.5 Å². The molecule has 0 unspecified atom stereocenters. The maximum absolute atomic E-state index is 11.7. The summed E-state index contributed by atoms with van der Waals surface area (Å²) in [5.41, 5.74) is -1.41. The Balaban J connectivity index is 2.19. The molecule has 0 aliphatic carbocycles. The number of benzene rings is 2. The quantitative estimate of drug-likeness (QED) is 0.378. The van der Waals surface area contributed by atoms with Crippen LogP contribution in [-0.4, -0.2) is 51.0 Å². The first-order valence-corrected chi connectivity index (χ1v) is 7.97. The summed E-state index contributed by atoms with van der Waals surface area (Å²) >= 11 is 0.